The predicted molar refractivity (Wildman–Crippen MR) is 62.3 cm³/mol. The highest BCUT2D eigenvalue weighted by Gasteiger charge is 2.24. The van der Waals surface area contributed by atoms with Crippen LogP contribution in [0.2, 0.25) is 0 Å². The molecule has 0 N–H and O–H groups in total. The zero-order valence-electron chi connectivity index (χ0n) is 9.45. The van der Waals surface area contributed by atoms with Gasteiger partial charge in [0.2, 0.25) is 0 Å². The van der Waals surface area contributed by atoms with Gasteiger partial charge in [-0.25, -0.2) is 0 Å². The summed E-state index contributed by atoms with van der Waals surface area (Å²) in [7, 11) is 0. The van der Waals surface area contributed by atoms with Crippen molar-refractivity contribution in [2.24, 2.45) is 0 Å². The fourth-order valence-electron chi connectivity index (χ4n) is 1.30. The smallest absolute Gasteiger partial charge is 0.161 e. The monoisotopic (exact) mass is 206 g/mol. The van der Waals surface area contributed by atoms with Crippen LogP contribution in [-0.4, -0.2) is 12.2 Å². The van der Waals surface area contributed by atoms with E-state index in [0.717, 1.165) is 12.2 Å². The minimum Gasteiger partial charge on any atom is -0.490 e. The maximum atomic E-state index is 5.81. The molecule has 1 rings (SSSR count). The first-order valence-corrected chi connectivity index (χ1v) is 5.07. The average Bonchev–Trinajstić information content (AvgIpc) is 2.33. The first kappa shape index (κ1) is 11.6. The van der Waals surface area contributed by atoms with Crippen molar-refractivity contribution in [1.29, 1.82) is 0 Å². The molecule has 1 aliphatic heterocycles. The van der Waals surface area contributed by atoms with Gasteiger partial charge in [-0.05, 0) is 26.0 Å². The summed E-state index contributed by atoms with van der Waals surface area (Å²) in [6.07, 6.45) is 7.89. The van der Waals surface area contributed by atoms with Gasteiger partial charge in [0, 0.05) is 6.42 Å². The van der Waals surface area contributed by atoms with Crippen LogP contribution in [0.1, 0.15) is 20.3 Å². The molecule has 0 saturated heterocycles. The maximum Gasteiger partial charge on any atom is 0.161 e. The van der Waals surface area contributed by atoms with E-state index in [2.05, 4.69) is 13.2 Å². The minimum atomic E-state index is -0.201. The van der Waals surface area contributed by atoms with Gasteiger partial charge >= 0.3 is 0 Å². The third-order valence-electron chi connectivity index (χ3n) is 2.16. The number of hydrogen-bond donors (Lipinski definition) is 0. The molecule has 0 radical (unpaired) electrons. The van der Waals surface area contributed by atoms with Crippen LogP contribution in [0.4, 0.5) is 0 Å². The highest BCUT2D eigenvalue weighted by molar-refractivity contribution is 5.26. The molecule has 0 aromatic heterocycles. The van der Waals surface area contributed by atoms with Gasteiger partial charge in [0.05, 0.1) is 6.61 Å². The van der Waals surface area contributed by atoms with Crippen LogP contribution in [0.15, 0.2) is 49.0 Å². The van der Waals surface area contributed by atoms with Crippen molar-refractivity contribution in [3.63, 3.8) is 0 Å². The molecule has 0 spiro atoms. The summed E-state index contributed by atoms with van der Waals surface area (Å²) >= 11 is 0. The topological polar surface area (TPSA) is 18.5 Å². The van der Waals surface area contributed by atoms with Crippen LogP contribution in [-0.2, 0) is 9.47 Å². The van der Waals surface area contributed by atoms with Gasteiger partial charge in [0.25, 0.3) is 0 Å². The number of rotatable bonds is 3. The van der Waals surface area contributed by atoms with E-state index in [1.807, 2.05) is 26.0 Å². The van der Waals surface area contributed by atoms with Gasteiger partial charge in [-0.1, -0.05) is 25.3 Å². The van der Waals surface area contributed by atoms with Gasteiger partial charge in [-0.15, -0.1) is 0 Å². The summed E-state index contributed by atoms with van der Waals surface area (Å²) < 4.78 is 11.4. The molecule has 82 valence electrons. The van der Waals surface area contributed by atoms with E-state index in [4.69, 9.17) is 9.47 Å². The Kier molecular flexibility index (Phi) is 3.78. The van der Waals surface area contributed by atoms with Crippen LogP contribution in [0, 0.1) is 0 Å². The molecule has 0 saturated carbocycles. The normalized spacial score (nSPS) is 20.4. The highest BCUT2D eigenvalue weighted by Crippen LogP contribution is 2.26. The number of ether oxygens (including phenoxy) is 2. The Morgan fingerprint density at radius 2 is 2.00 bits per heavy atom. The van der Waals surface area contributed by atoms with Crippen LogP contribution >= 0.6 is 0 Å². The first-order valence-electron chi connectivity index (χ1n) is 5.07. The Labute approximate surface area is 91.6 Å². The molecule has 2 nitrogen and oxygen atoms in total. The Hall–Kier alpha value is -1.44. The average molecular weight is 206 g/mol. The lowest BCUT2D eigenvalue weighted by Gasteiger charge is -2.23. The second kappa shape index (κ2) is 4.87. The van der Waals surface area contributed by atoms with Crippen LogP contribution < -0.4 is 0 Å². The van der Waals surface area contributed by atoms with Gasteiger partial charge in [0.1, 0.15) is 5.60 Å². The quantitative estimate of drug-likeness (QED) is 0.659. The molecule has 0 bridgehead atoms. The van der Waals surface area contributed by atoms with E-state index in [1.165, 1.54) is 0 Å². The molecule has 0 unspecified atom stereocenters. The van der Waals surface area contributed by atoms with Gasteiger partial charge < -0.3 is 9.47 Å². The van der Waals surface area contributed by atoms with Gasteiger partial charge in [0.15, 0.2) is 11.5 Å². The Morgan fingerprint density at radius 1 is 1.27 bits per heavy atom. The molecule has 0 atom stereocenters. The van der Waals surface area contributed by atoms with Crippen molar-refractivity contribution in [2.45, 2.75) is 25.9 Å². The Morgan fingerprint density at radius 3 is 2.60 bits per heavy atom. The lowest BCUT2D eigenvalue weighted by atomic mass is 10.1. The third kappa shape index (κ3) is 3.31. The molecular weight excluding hydrogens is 188 g/mol. The molecule has 1 heterocycles. The summed E-state index contributed by atoms with van der Waals surface area (Å²) in [5.74, 6) is 1.41. The van der Waals surface area contributed by atoms with E-state index in [-0.39, 0.29) is 5.60 Å². The molecule has 2 heteroatoms. The first-order chi connectivity index (χ1) is 7.09. The van der Waals surface area contributed by atoms with E-state index in [1.54, 1.807) is 12.2 Å². The second-order valence-corrected chi connectivity index (χ2v) is 3.99. The zero-order valence-corrected chi connectivity index (χ0v) is 9.45. The summed E-state index contributed by atoms with van der Waals surface area (Å²) in [5, 5.41) is 0. The highest BCUT2D eigenvalue weighted by atomic mass is 16.5. The molecule has 0 aliphatic carbocycles. The van der Waals surface area contributed by atoms with Crippen molar-refractivity contribution in [3.8, 4) is 0 Å². The molecule has 0 aromatic carbocycles. The molecule has 15 heavy (non-hydrogen) atoms. The fourth-order valence-corrected chi connectivity index (χ4v) is 1.30. The van der Waals surface area contributed by atoms with Gasteiger partial charge in [-0.3, -0.25) is 0 Å². The summed E-state index contributed by atoms with van der Waals surface area (Å²) in [4.78, 5) is 0. The summed E-state index contributed by atoms with van der Waals surface area (Å²) in [6, 6.07) is 0. The van der Waals surface area contributed by atoms with E-state index < -0.39 is 0 Å². The molecule has 0 fully saturated rings. The van der Waals surface area contributed by atoms with E-state index in [9.17, 15) is 0 Å². The van der Waals surface area contributed by atoms with E-state index >= 15 is 0 Å². The molecule has 0 amide bonds. The molecular formula is C13H18O2. The largest absolute Gasteiger partial charge is 0.490 e. The van der Waals surface area contributed by atoms with Crippen LogP contribution in [0.3, 0.4) is 0 Å². The molecule has 1 aliphatic rings. The molecule has 0 aromatic rings. The lowest BCUT2D eigenvalue weighted by Crippen LogP contribution is -2.23. The minimum absolute atomic E-state index is 0.201. The predicted octanol–water partition coefficient (Wildman–Crippen LogP) is 3.34. The lowest BCUT2D eigenvalue weighted by molar-refractivity contribution is 0.0362. The zero-order chi connectivity index (χ0) is 11.3. The second-order valence-electron chi connectivity index (χ2n) is 3.99. The maximum absolute atomic E-state index is 5.81. The SMILES string of the molecule is C=C/C=C\C1=C(C=C)OC(C)(C)CCO1. The van der Waals surface area contributed by atoms with Crippen LogP contribution in [0.5, 0.6) is 0 Å². The Bertz CT molecular complexity index is 308. The van der Waals surface area contributed by atoms with Crippen molar-refractivity contribution in [2.75, 3.05) is 6.61 Å². The summed E-state index contributed by atoms with van der Waals surface area (Å²) in [5.41, 5.74) is -0.201. The van der Waals surface area contributed by atoms with Crippen molar-refractivity contribution in [1.82, 2.24) is 0 Å². The van der Waals surface area contributed by atoms with Gasteiger partial charge in [-0.2, -0.15) is 0 Å². The number of allylic oxidation sites excluding steroid dienone is 4. The van der Waals surface area contributed by atoms with E-state index in [0.29, 0.717) is 12.4 Å². The Balaban J connectivity index is 2.96. The standard InChI is InChI=1S/C13H18O2/c1-5-7-8-12-11(6-2)15-13(3,4)9-10-14-12/h5-8H,1-2,9-10H2,3-4H3/b8-7-. The van der Waals surface area contributed by atoms with Crippen molar-refractivity contribution >= 4 is 0 Å². The third-order valence-corrected chi connectivity index (χ3v) is 2.16. The summed E-state index contributed by atoms with van der Waals surface area (Å²) in [6.45, 7) is 12.1. The van der Waals surface area contributed by atoms with Crippen molar-refractivity contribution in [3.05, 3.63) is 49.0 Å². The van der Waals surface area contributed by atoms with Crippen LogP contribution in [0.25, 0.3) is 0 Å². The van der Waals surface area contributed by atoms with Crippen molar-refractivity contribution < 1.29 is 9.47 Å². The fraction of sp³-hybridized carbons (Fsp3) is 0.385. The number of hydrogen-bond acceptors (Lipinski definition) is 2.